The van der Waals surface area contributed by atoms with Gasteiger partial charge >= 0.3 is 0 Å². The van der Waals surface area contributed by atoms with E-state index in [1.165, 1.54) is 0 Å². The number of fused-ring (bicyclic) bond motifs is 1. The number of rotatable bonds is 3. The van der Waals surface area contributed by atoms with Gasteiger partial charge in [0.2, 0.25) is 5.28 Å². The molecule has 6 heteroatoms. The molecule has 0 unspecified atom stereocenters. The van der Waals surface area contributed by atoms with E-state index in [9.17, 15) is 0 Å². The van der Waals surface area contributed by atoms with Crippen LogP contribution in [0.3, 0.4) is 0 Å². The van der Waals surface area contributed by atoms with Crippen molar-refractivity contribution in [2.24, 2.45) is 0 Å². The number of aryl methyl sites for hydroxylation is 1. The molecule has 2 aromatic heterocycles. The van der Waals surface area contributed by atoms with Crippen molar-refractivity contribution in [3.05, 3.63) is 70.5 Å². The first-order chi connectivity index (χ1) is 12.1. The van der Waals surface area contributed by atoms with E-state index in [1.54, 1.807) is 11.3 Å². The minimum atomic E-state index is 0.217. The summed E-state index contributed by atoms with van der Waals surface area (Å²) in [4.78, 5) is 10.7. The molecule has 0 amide bonds. The van der Waals surface area contributed by atoms with E-state index in [0.29, 0.717) is 10.8 Å². The summed E-state index contributed by atoms with van der Waals surface area (Å²) in [5.41, 5.74) is 3.03. The molecular formula is C19H13Cl2N3S. The van der Waals surface area contributed by atoms with Crippen LogP contribution >= 0.6 is 34.5 Å². The number of aromatic nitrogens is 2. The summed E-state index contributed by atoms with van der Waals surface area (Å²) in [6.45, 7) is 1.97. The number of hydrogen-bond donors (Lipinski definition) is 1. The zero-order chi connectivity index (χ0) is 17.4. The average Bonchev–Trinajstić information content (AvgIpc) is 3.03. The minimum Gasteiger partial charge on any atom is -0.339 e. The Morgan fingerprint density at radius 1 is 0.960 bits per heavy atom. The van der Waals surface area contributed by atoms with Gasteiger partial charge in [0.1, 0.15) is 10.6 Å². The lowest BCUT2D eigenvalue weighted by Crippen LogP contribution is -1.96. The van der Waals surface area contributed by atoms with Crippen molar-refractivity contribution in [3.63, 3.8) is 0 Å². The van der Waals surface area contributed by atoms with Crippen LogP contribution in [0.1, 0.15) is 5.56 Å². The predicted molar refractivity (Wildman–Crippen MR) is 107 cm³/mol. The van der Waals surface area contributed by atoms with Crippen molar-refractivity contribution in [1.82, 2.24) is 9.97 Å². The van der Waals surface area contributed by atoms with Crippen LogP contribution in [0.5, 0.6) is 0 Å². The smallest absolute Gasteiger partial charge is 0.225 e. The number of hydrogen-bond acceptors (Lipinski definition) is 4. The van der Waals surface area contributed by atoms with Crippen LogP contribution in [0.25, 0.3) is 20.7 Å². The molecule has 0 aliphatic heterocycles. The second-order valence-electron chi connectivity index (χ2n) is 5.63. The Hall–Kier alpha value is -2.14. The molecule has 0 aliphatic carbocycles. The Bertz CT molecular complexity index is 1060. The lowest BCUT2D eigenvalue weighted by molar-refractivity contribution is 1.23. The average molecular weight is 386 g/mol. The molecule has 0 radical (unpaired) electrons. The van der Waals surface area contributed by atoms with Gasteiger partial charge in [0.25, 0.3) is 0 Å². The van der Waals surface area contributed by atoms with Gasteiger partial charge in [0.05, 0.1) is 5.39 Å². The third kappa shape index (κ3) is 3.33. The number of anilines is 2. The fourth-order valence-electron chi connectivity index (χ4n) is 2.54. The quantitative estimate of drug-likeness (QED) is 0.397. The Morgan fingerprint density at radius 2 is 1.76 bits per heavy atom. The Kier molecular flexibility index (Phi) is 4.34. The van der Waals surface area contributed by atoms with Crippen molar-refractivity contribution in [2.75, 3.05) is 5.32 Å². The lowest BCUT2D eigenvalue weighted by atomic mass is 10.2. The fourth-order valence-corrected chi connectivity index (χ4v) is 3.98. The molecule has 0 bridgehead atoms. The SMILES string of the molecule is Cc1ccc(Nc2nc(Cl)nc3sc(-c4ccccc4)cc23)cc1Cl. The second kappa shape index (κ2) is 6.64. The van der Waals surface area contributed by atoms with E-state index in [2.05, 4.69) is 33.5 Å². The Morgan fingerprint density at radius 3 is 2.52 bits per heavy atom. The Balaban J connectivity index is 1.80. The van der Waals surface area contributed by atoms with E-state index in [-0.39, 0.29) is 5.28 Å². The van der Waals surface area contributed by atoms with Crippen molar-refractivity contribution in [3.8, 4) is 10.4 Å². The maximum absolute atomic E-state index is 6.22. The third-order valence-electron chi connectivity index (χ3n) is 3.86. The molecule has 2 aromatic carbocycles. The first-order valence-corrected chi connectivity index (χ1v) is 9.23. The molecule has 0 aliphatic rings. The summed E-state index contributed by atoms with van der Waals surface area (Å²) < 4.78 is 0. The summed E-state index contributed by atoms with van der Waals surface area (Å²) >= 11 is 13.9. The summed E-state index contributed by atoms with van der Waals surface area (Å²) in [5.74, 6) is 0.674. The maximum atomic E-state index is 6.22. The molecular weight excluding hydrogens is 373 g/mol. The van der Waals surface area contributed by atoms with Gasteiger partial charge in [0, 0.05) is 15.6 Å². The van der Waals surface area contributed by atoms with Gasteiger partial charge in [-0.15, -0.1) is 11.3 Å². The summed E-state index contributed by atoms with van der Waals surface area (Å²) in [7, 11) is 0. The molecule has 4 rings (SSSR count). The summed E-state index contributed by atoms with van der Waals surface area (Å²) in [6, 6.07) is 18.1. The molecule has 4 aromatic rings. The number of nitrogens with one attached hydrogen (secondary N) is 1. The minimum absolute atomic E-state index is 0.217. The molecule has 0 spiro atoms. The van der Waals surface area contributed by atoms with Gasteiger partial charge in [0.15, 0.2) is 0 Å². The van der Waals surface area contributed by atoms with Crippen LogP contribution in [-0.2, 0) is 0 Å². The second-order valence-corrected chi connectivity index (χ2v) is 7.40. The maximum Gasteiger partial charge on any atom is 0.225 e. The van der Waals surface area contributed by atoms with Crippen LogP contribution in [0.2, 0.25) is 10.3 Å². The molecule has 3 nitrogen and oxygen atoms in total. The number of thiophene rings is 1. The van der Waals surface area contributed by atoms with E-state index in [0.717, 1.165) is 31.9 Å². The van der Waals surface area contributed by atoms with Gasteiger partial charge in [-0.1, -0.05) is 48.0 Å². The van der Waals surface area contributed by atoms with E-state index in [1.807, 2.05) is 43.3 Å². The normalized spacial score (nSPS) is 11.0. The number of nitrogens with zero attached hydrogens (tertiary/aromatic N) is 2. The summed E-state index contributed by atoms with van der Waals surface area (Å²) in [5, 5.41) is 5.16. The van der Waals surface area contributed by atoms with Gasteiger partial charge in [-0.25, -0.2) is 4.98 Å². The van der Waals surface area contributed by atoms with Gasteiger partial charge in [-0.2, -0.15) is 4.98 Å². The van der Waals surface area contributed by atoms with Crippen LogP contribution in [-0.4, -0.2) is 9.97 Å². The predicted octanol–water partition coefficient (Wildman–Crippen LogP) is 6.72. The van der Waals surface area contributed by atoms with Gasteiger partial charge in [-0.3, -0.25) is 0 Å². The van der Waals surface area contributed by atoms with Gasteiger partial charge < -0.3 is 5.32 Å². The molecule has 0 saturated carbocycles. The summed E-state index contributed by atoms with van der Waals surface area (Å²) in [6.07, 6.45) is 0. The van der Waals surface area contributed by atoms with Crippen molar-refractivity contribution in [1.29, 1.82) is 0 Å². The highest BCUT2D eigenvalue weighted by Crippen LogP contribution is 2.37. The molecule has 0 atom stereocenters. The van der Waals surface area contributed by atoms with E-state index < -0.39 is 0 Å². The van der Waals surface area contributed by atoms with E-state index >= 15 is 0 Å². The molecule has 2 heterocycles. The van der Waals surface area contributed by atoms with Crippen molar-refractivity contribution >= 4 is 56.3 Å². The van der Waals surface area contributed by atoms with Crippen LogP contribution in [0.15, 0.2) is 54.6 Å². The fraction of sp³-hybridized carbons (Fsp3) is 0.0526. The number of halogens is 2. The first-order valence-electron chi connectivity index (χ1n) is 7.66. The zero-order valence-electron chi connectivity index (χ0n) is 13.3. The molecule has 0 saturated heterocycles. The highest BCUT2D eigenvalue weighted by atomic mass is 35.5. The van der Waals surface area contributed by atoms with Crippen LogP contribution in [0.4, 0.5) is 11.5 Å². The van der Waals surface area contributed by atoms with E-state index in [4.69, 9.17) is 23.2 Å². The topological polar surface area (TPSA) is 37.8 Å². The molecule has 1 N–H and O–H groups in total. The van der Waals surface area contributed by atoms with Crippen LogP contribution in [0, 0.1) is 6.92 Å². The highest BCUT2D eigenvalue weighted by molar-refractivity contribution is 7.22. The highest BCUT2D eigenvalue weighted by Gasteiger charge is 2.13. The Labute approximate surface area is 159 Å². The molecule has 0 fully saturated rings. The first kappa shape index (κ1) is 16.3. The van der Waals surface area contributed by atoms with Crippen molar-refractivity contribution < 1.29 is 0 Å². The monoisotopic (exact) mass is 385 g/mol. The third-order valence-corrected chi connectivity index (χ3v) is 5.51. The largest absolute Gasteiger partial charge is 0.339 e. The number of benzene rings is 2. The van der Waals surface area contributed by atoms with Crippen molar-refractivity contribution in [2.45, 2.75) is 6.92 Å². The standard InChI is InChI=1S/C19H13Cl2N3S/c1-11-7-8-13(9-15(11)20)22-17-14-10-16(12-5-3-2-4-6-12)25-18(14)24-19(21)23-17/h2-10H,1H3,(H,22,23,24). The zero-order valence-corrected chi connectivity index (χ0v) is 15.6. The van der Waals surface area contributed by atoms with Gasteiger partial charge in [-0.05, 0) is 47.9 Å². The van der Waals surface area contributed by atoms with Crippen LogP contribution < -0.4 is 5.32 Å². The molecule has 25 heavy (non-hydrogen) atoms. The lowest BCUT2D eigenvalue weighted by Gasteiger charge is -2.08. The molecule has 124 valence electrons.